The lowest BCUT2D eigenvalue weighted by molar-refractivity contribution is 0.0803. The van der Waals surface area contributed by atoms with E-state index in [0.717, 1.165) is 43.6 Å². The molecule has 0 spiro atoms. The van der Waals surface area contributed by atoms with E-state index >= 15 is 0 Å². The van der Waals surface area contributed by atoms with Crippen molar-refractivity contribution in [3.8, 4) is 0 Å². The number of likely N-dealkylation sites (tertiary alicyclic amines) is 1. The number of rotatable bonds is 7. The van der Waals surface area contributed by atoms with Crippen molar-refractivity contribution in [3.63, 3.8) is 0 Å². The van der Waals surface area contributed by atoms with Gasteiger partial charge in [0.05, 0.1) is 17.6 Å². The normalized spacial score (nSPS) is 23.1. The van der Waals surface area contributed by atoms with Gasteiger partial charge in [0.1, 0.15) is 0 Å². The monoisotopic (exact) mass is 415 g/mol. The summed E-state index contributed by atoms with van der Waals surface area (Å²) < 4.78 is 27.2. The first-order valence-corrected chi connectivity index (χ1v) is 12.8. The van der Waals surface area contributed by atoms with Crippen LogP contribution in [0.3, 0.4) is 0 Å². The van der Waals surface area contributed by atoms with E-state index in [9.17, 15) is 8.42 Å². The highest BCUT2D eigenvalue weighted by Crippen LogP contribution is 2.36. The van der Waals surface area contributed by atoms with Crippen LogP contribution in [0.4, 0.5) is 0 Å². The number of hydrogen-bond acceptors (Lipinski definition) is 4. The first-order chi connectivity index (χ1) is 14.1. The van der Waals surface area contributed by atoms with Gasteiger partial charge in [-0.1, -0.05) is 56.5 Å². The SMILES string of the molecule is CCS(=O)(=O)c1ncc(CN2CC[C@@H]3CCCC[C@H]3C2)n1CCc1ccccc1. The first kappa shape index (κ1) is 20.6. The van der Waals surface area contributed by atoms with Crippen LogP contribution in [0.1, 0.15) is 50.3 Å². The summed E-state index contributed by atoms with van der Waals surface area (Å²) in [7, 11) is -3.34. The van der Waals surface area contributed by atoms with Gasteiger partial charge in [0, 0.05) is 19.6 Å². The number of piperidine rings is 1. The Morgan fingerprint density at radius 3 is 2.59 bits per heavy atom. The van der Waals surface area contributed by atoms with Gasteiger partial charge in [-0.2, -0.15) is 0 Å². The number of benzene rings is 1. The summed E-state index contributed by atoms with van der Waals surface area (Å²) in [6, 6.07) is 10.3. The summed E-state index contributed by atoms with van der Waals surface area (Å²) in [4.78, 5) is 6.88. The molecule has 1 saturated heterocycles. The predicted molar refractivity (Wildman–Crippen MR) is 115 cm³/mol. The van der Waals surface area contributed by atoms with Crippen molar-refractivity contribution in [2.75, 3.05) is 18.8 Å². The molecule has 0 radical (unpaired) electrons. The van der Waals surface area contributed by atoms with Gasteiger partial charge in [0.2, 0.25) is 15.0 Å². The summed E-state index contributed by atoms with van der Waals surface area (Å²) in [6.45, 7) is 5.39. The number of imidazole rings is 1. The summed E-state index contributed by atoms with van der Waals surface area (Å²) in [5, 5.41) is 0.235. The molecule has 2 fully saturated rings. The zero-order chi connectivity index (χ0) is 20.3. The lowest BCUT2D eigenvalue weighted by Gasteiger charge is -2.41. The van der Waals surface area contributed by atoms with Crippen molar-refractivity contribution < 1.29 is 8.42 Å². The number of fused-ring (bicyclic) bond motifs is 1. The first-order valence-electron chi connectivity index (χ1n) is 11.1. The van der Waals surface area contributed by atoms with Crippen molar-refractivity contribution in [1.82, 2.24) is 14.5 Å². The minimum Gasteiger partial charge on any atom is -0.317 e. The van der Waals surface area contributed by atoms with E-state index in [1.807, 2.05) is 22.8 Å². The summed E-state index contributed by atoms with van der Waals surface area (Å²) >= 11 is 0. The van der Waals surface area contributed by atoms with Gasteiger partial charge in [-0.15, -0.1) is 0 Å². The molecular weight excluding hydrogens is 382 g/mol. The van der Waals surface area contributed by atoms with Gasteiger partial charge in [0.25, 0.3) is 0 Å². The fraction of sp³-hybridized carbons (Fsp3) is 0.609. The van der Waals surface area contributed by atoms with E-state index in [2.05, 4.69) is 22.0 Å². The maximum Gasteiger partial charge on any atom is 0.227 e. The average molecular weight is 416 g/mol. The molecule has 5 nitrogen and oxygen atoms in total. The number of hydrogen-bond donors (Lipinski definition) is 0. The van der Waals surface area contributed by atoms with Gasteiger partial charge >= 0.3 is 0 Å². The molecule has 4 rings (SSSR count). The highest BCUT2D eigenvalue weighted by molar-refractivity contribution is 7.91. The number of aromatic nitrogens is 2. The maximum atomic E-state index is 12.6. The molecule has 29 heavy (non-hydrogen) atoms. The van der Waals surface area contributed by atoms with Crippen LogP contribution in [0.2, 0.25) is 0 Å². The predicted octanol–water partition coefficient (Wildman–Crippen LogP) is 3.93. The lowest BCUT2D eigenvalue weighted by atomic mass is 9.75. The molecule has 1 aromatic heterocycles. The maximum absolute atomic E-state index is 12.6. The molecule has 0 unspecified atom stereocenters. The molecule has 1 aliphatic heterocycles. The minimum atomic E-state index is -3.34. The lowest BCUT2D eigenvalue weighted by Crippen LogP contribution is -2.41. The van der Waals surface area contributed by atoms with E-state index < -0.39 is 9.84 Å². The van der Waals surface area contributed by atoms with Crippen LogP contribution >= 0.6 is 0 Å². The van der Waals surface area contributed by atoms with Gasteiger partial charge in [-0.25, -0.2) is 13.4 Å². The molecule has 2 aromatic rings. The molecule has 0 bridgehead atoms. The van der Waals surface area contributed by atoms with E-state index in [1.165, 1.54) is 37.7 Å². The highest BCUT2D eigenvalue weighted by atomic mass is 32.2. The average Bonchev–Trinajstić information content (AvgIpc) is 3.16. The Kier molecular flexibility index (Phi) is 6.40. The van der Waals surface area contributed by atoms with Gasteiger partial charge < -0.3 is 4.57 Å². The second-order valence-corrected chi connectivity index (χ2v) is 10.8. The van der Waals surface area contributed by atoms with Crippen LogP contribution in [0.15, 0.2) is 41.7 Å². The third-order valence-corrected chi connectivity index (χ3v) is 8.43. The van der Waals surface area contributed by atoms with Crippen LogP contribution in [-0.2, 0) is 29.3 Å². The van der Waals surface area contributed by atoms with Crippen LogP contribution < -0.4 is 0 Å². The van der Waals surface area contributed by atoms with Crippen LogP contribution in [0.5, 0.6) is 0 Å². The third-order valence-electron chi connectivity index (χ3n) is 6.79. The molecule has 0 amide bonds. The Labute approximate surface area is 175 Å². The minimum absolute atomic E-state index is 0.0856. The quantitative estimate of drug-likeness (QED) is 0.687. The molecular formula is C23H33N3O2S. The second kappa shape index (κ2) is 9.00. The van der Waals surface area contributed by atoms with Crippen molar-refractivity contribution in [1.29, 1.82) is 0 Å². The van der Waals surface area contributed by atoms with Crippen molar-refractivity contribution in [2.45, 2.75) is 63.7 Å². The number of nitrogens with zero attached hydrogens (tertiary/aromatic N) is 3. The fourth-order valence-electron chi connectivity index (χ4n) is 5.07. The van der Waals surface area contributed by atoms with Crippen molar-refractivity contribution >= 4 is 9.84 Å². The Morgan fingerprint density at radius 2 is 1.83 bits per heavy atom. The van der Waals surface area contributed by atoms with E-state index in [1.54, 1.807) is 13.1 Å². The number of aryl methyl sites for hydroxylation is 1. The molecule has 2 heterocycles. The topological polar surface area (TPSA) is 55.2 Å². The van der Waals surface area contributed by atoms with Gasteiger partial charge in [-0.3, -0.25) is 4.90 Å². The standard InChI is InChI=1S/C23H33N3O2S/c1-2-29(27,28)23-24-16-22(26(23)15-12-19-8-4-3-5-9-19)18-25-14-13-20-10-6-7-11-21(20)17-25/h3-5,8-9,16,20-21H,2,6-7,10-15,17-18H2,1H3/t20-,21-/m0/s1. The third kappa shape index (κ3) is 4.75. The second-order valence-electron chi connectivity index (χ2n) is 8.65. The Morgan fingerprint density at radius 1 is 1.07 bits per heavy atom. The fourth-order valence-corrected chi connectivity index (χ4v) is 6.08. The zero-order valence-electron chi connectivity index (χ0n) is 17.5. The Hall–Kier alpha value is -1.66. The van der Waals surface area contributed by atoms with Gasteiger partial charge in [0.15, 0.2) is 0 Å². The molecule has 1 aliphatic carbocycles. The van der Waals surface area contributed by atoms with Crippen LogP contribution in [-0.4, -0.2) is 41.7 Å². The molecule has 1 saturated carbocycles. The molecule has 0 N–H and O–H groups in total. The van der Waals surface area contributed by atoms with Crippen molar-refractivity contribution in [2.24, 2.45) is 11.8 Å². The molecule has 2 aliphatic rings. The summed E-state index contributed by atoms with van der Waals surface area (Å²) in [5.41, 5.74) is 2.25. The molecule has 1 aromatic carbocycles. The Bertz CT molecular complexity index is 907. The number of sulfone groups is 1. The Balaban J connectivity index is 1.52. The van der Waals surface area contributed by atoms with Gasteiger partial charge in [-0.05, 0) is 43.2 Å². The van der Waals surface area contributed by atoms with E-state index in [0.29, 0.717) is 6.54 Å². The summed E-state index contributed by atoms with van der Waals surface area (Å²) in [6.07, 6.45) is 9.38. The van der Waals surface area contributed by atoms with E-state index in [-0.39, 0.29) is 10.9 Å². The van der Waals surface area contributed by atoms with Crippen LogP contribution in [0, 0.1) is 11.8 Å². The highest BCUT2D eigenvalue weighted by Gasteiger charge is 2.32. The molecule has 158 valence electrons. The summed E-state index contributed by atoms with van der Waals surface area (Å²) in [5.74, 6) is 1.80. The zero-order valence-corrected chi connectivity index (χ0v) is 18.3. The molecule has 2 atom stereocenters. The molecule has 6 heteroatoms. The van der Waals surface area contributed by atoms with E-state index in [4.69, 9.17) is 0 Å². The van der Waals surface area contributed by atoms with Crippen LogP contribution in [0.25, 0.3) is 0 Å². The smallest absolute Gasteiger partial charge is 0.227 e. The van der Waals surface area contributed by atoms with Crippen molar-refractivity contribution in [3.05, 3.63) is 47.8 Å². The largest absolute Gasteiger partial charge is 0.317 e.